The quantitative estimate of drug-likeness (QED) is 0.584. The summed E-state index contributed by atoms with van der Waals surface area (Å²) < 4.78 is 5.14. The van der Waals surface area contributed by atoms with Crippen LogP contribution in [0.15, 0.2) is 42.5 Å². The molecule has 7 nitrogen and oxygen atoms in total. The molecule has 7 heteroatoms. The number of carbonyl (C=O) groups excluding carboxylic acids is 1. The molecule has 2 fully saturated rings. The zero-order valence-corrected chi connectivity index (χ0v) is 19.0. The second kappa shape index (κ2) is 10.1. The van der Waals surface area contributed by atoms with Gasteiger partial charge in [0.15, 0.2) is 11.5 Å². The highest BCUT2D eigenvalue weighted by Gasteiger charge is 2.37. The van der Waals surface area contributed by atoms with Crippen molar-refractivity contribution in [2.75, 3.05) is 13.7 Å². The van der Waals surface area contributed by atoms with Gasteiger partial charge in [0, 0.05) is 19.0 Å². The van der Waals surface area contributed by atoms with Crippen LogP contribution in [0.2, 0.25) is 0 Å². The molecule has 1 aliphatic heterocycles. The lowest BCUT2D eigenvalue weighted by Crippen LogP contribution is -2.44. The second-order valence-corrected chi connectivity index (χ2v) is 9.05. The van der Waals surface area contributed by atoms with E-state index in [0.717, 1.165) is 24.0 Å². The van der Waals surface area contributed by atoms with Crippen LogP contribution < -0.4 is 10.1 Å². The Balaban J connectivity index is 1.49. The third kappa shape index (κ3) is 5.07. The highest BCUT2D eigenvalue weighted by molar-refractivity contribution is 5.79. The molecule has 0 spiro atoms. The first-order valence-corrected chi connectivity index (χ1v) is 11.7. The molecule has 3 N–H and O–H groups in total. The van der Waals surface area contributed by atoms with Crippen LogP contribution in [0, 0.1) is 5.92 Å². The van der Waals surface area contributed by atoms with Gasteiger partial charge in [-0.2, -0.15) is 0 Å². The van der Waals surface area contributed by atoms with Gasteiger partial charge in [0.25, 0.3) is 0 Å². The zero-order valence-electron chi connectivity index (χ0n) is 19.0. The number of hydrogen-bond acceptors (Lipinski definition) is 4. The highest BCUT2D eigenvalue weighted by atomic mass is 16.5. The van der Waals surface area contributed by atoms with Crippen molar-refractivity contribution in [2.24, 2.45) is 5.92 Å². The number of nitrogens with zero attached hydrogens (tertiary/aromatic N) is 1. The van der Waals surface area contributed by atoms with E-state index >= 15 is 0 Å². The Kier molecular flexibility index (Phi) is 7.06. The van der Waals surface area contributed by atoms with Crippen LogP contribution >= 0.6 is 0 Å². The lowest BCUT2D eigenvalue weighted by molar-refractivity contribution is -0.127. The van der Waals surface area contributed by atoms with E-state index in [2.05, 4.69) is 11.4 Å². The molecule has 1 saturated carbocycles. The number of hydrogen-bond donors (Lipinski definition) is 3. The number of ether oxygens (including phenoxy) is 1. The monoisotopic (exact) mass is 452 g/mol. The molecule has 2 atom stereocenters. The number of phenols is 1. The number of piperidine rings is 1. The maximum absolute atomic E-state index is 13.0. The van der Waals surface area contributed by atoms with Gasteiger partial charge in [-0.15, -0.1) is 0 Å². The summed E-state index contributed by atoms with van der Waals surface area (Å²) in [5.41, 5.74) is 3.11. The molecule has 0 bridgehead atoms. The van der Waals surface area contributed by atoms with Crippen molar-refractivity contribution in [3.8, 4) is 11.5 Å². The molecule has 0 radical (unpaired) electrons. The smallest absolute Gasteiger partial charge is 0.407 e. The number of phenolic OH excluding ortho intramolecular Hbond substituents is 1. The van der Waals surface area contributed by atoms with Gasteiger partial charge in [-0.25, -0.2) is 4.79 Å². The number of rotatable bonds is 6. The zero-order chi connectivity index (χ0) is 23.4. The van der Waals surface area contributed by atoms with Crippen molar-refractivity contribution in [3.63, 3.8) is 0 Å². The van der Waals surface area contributed by atoms with Crippen molar-refractivity contribution >= 4 is 12.0 Å². The summed E-state index contributed by atoms with van der Waals surface area (Å²) in [5.74, 6) is 0.546. The van der Waals surface area contributed by atoms with Gasteiger partial charge in [0.2, 0.25) is 5.91 Å². The largest absolute Gasteiger partial charge is 0.504 e. The summed E-state index contributed by atoms with van der Waals surface area (Å²) in [7, 11) is 1.48. The van der Waals surface area contributed by atoms with Crippen LogP contribution in [0.5, 0.6) is 11.5 Å². The van der Waals surface area contributed by atoms with Gasteiger partial charge in [0.05, 0.1) is 13.2 Å². The normalized spacial score (nSPS) is 21.1. The second-order valence-electron chi connectivity index (χ2n) is 9.05. The van der Waals surface area contributed by atoms with E-state index in [1.165, 1.54) is 30.4 Å². The number of likely N-dealkylation sites (tertiary alicyclic amines) is 1. The molecule has 1 heterocycles. The summed E-state index contributed by atoms with van der Waals surface area (Å²) in [4.78, 5) is 26.6. The van der Waals surface area contributed by atoms with E-state index in [1.54, 1.807) is 18.2 Å². The molecule has 2 aliphatic rings. The first kappa shape index (κ1) is 23.0. The third-order valence-corrected chi connectivity index (χ3v) is 7.08. The minimum atomic E-state index is -0.934. The maximum atomic E-state index is 13.0. The number of aromatic hydroxyl groups is 1. The molecular weight excluding hydrogens is 420 g/mol. The van der Waals surface area contributed by atoms with Gasteiger partial charge in [-0.05, 0) is 60.4 Å². The lowest BCUT2D eigenvalue weighted by Gasteiger charge is -2.39. The van der Waals surface area contributed by atoms with Crippen LogP contribution in [-0.2, 0) is 11.3 Å². The molecule has 2 aromatic carbocycles. The van der Waals surface area contributed by atoms with Crippen LogP contribution in [0.25, 0.3) is 0 Å². The number of carbonyl (C=O) groups is 2. The van der Waals surface area contributed by atoms with Crippen molar-refractivity contribution in [2.45, 2.75) is 57.0 Å². The van der Waals surface area contributed by atoms with Crippen molar-refractivity contribution < 1.29 is 24.5 Å². The Labute approximate surface area is 194 Å². The SMILES string of the molecule is COc1cc(CNC(=O)C2CCN(C(=O)O)C(c3ccccc3C3CCCC3)C2)ccc1O. The van der Waals surface area contributed by atoms with Crippen LogP contribution in [-0.4, -0.2) is 40.8 Å². The Morgan fingerprint density at radius 1 is 1.09 bits per heavy atom. The third-order valence-electron chi connectivity index (χ3n) is 7.08. The van der Waals surface area contributed by atoms with E-state index < -0.39 is 6.09 Å². The minimum Gasteiger partial charge on any atom is -0.504 e. The Hall–Kier alpha value is -3.22. The molecule has 2 unspecified atom stereocenters. The molecule has 176 valence electrons. The molecule has 2 amide bonds. The van der Waals surface area contributed by atoms with E-state index in [9.17, 15) is 19.8 Å². The van der Waals surface area contributed by atoms with Gasteiger partial charge in [-0.3, -0.25) is 4.79 Å². The van der Waals surface area contributed by atoms with Gasteiger partial charge >= 0.3 is 6.09 Å². The molecular formula is C26H32N2O5. The first-order chi connectivity index (χ1) is 16.0. The van der Waals surface area contributed by atoms with Crippen LogP contribution in [0.4, 0.5) is 4.79 Å². The van der Waals surface area contributed by atoms with Crippen LogP contribution in [0.3, 0.4) is 0 Å². The van der Waals surface area contributed by atoms with Gasteiger partial charge in [0.1, 0.15) is 0 Å². The molecule has 1 saturated heterocycles. The summed E-state index contributed by atoms with van der Waals surface area (Å²) in [6, 6.07) is 12.8. The van der Waals surface area contributed by atoms with Crippen molar-refractivity contribution in [1.29, 1.82) is 0 Å². The van der Waals surface area contributed by atoms with Crippen molar-refractivity contribution in [3.05, 3.63) is 59.2 Å². The van der Waals surface area contributed by atoms with Gasteiger partial charge < -0.3 is 25.2 Å². The predicted molar refractivity (Wildman–Crippen MR) is 124 cm³/mol. The molecule has 2 aromatic rings. The molecule has 0 aromatic heterocycles. The summed E-state index contributed by atoms with van der Waals surface area (Å²) in [5, 5.41) is 22.6. The Bertz CT molecular complexity index is 1000. The summed E-state index contributed by atoms with van der Waals surface area (Å²) >= 11 is 0. The fourth-order valence-corrected chi connectivity index (χ4v) is 5.32. The molecule has 4 rings (SSSR count). The minimum absolute atomic E-state index is 0.0531. The molecule has 33 heavy (non-hydrogen) atoms. The first-order valence-electron chi connectivity index (χ1n) is 11.7. The predicted octanol–water partition coefficient (Wildman–Crippen LogP) is 4.81. The number of nitrogens with one attached hydrogen (secondary N) is 1. The van der Waals surface area contributed by atoms with E-state index in [-0.39, 0.29) is 23.6 Å². The van der Waals surface area contributed by atoms with E-state index in [1.807, 2.05) is 18.2 Å². The van der Waals surface area contributed by atoms with Crippen molar-refractivity contribution in [1.82, 2.24) is 10.2 Å². The van der Waals surface area contributed by atoms with Crippen LogP contribution in [0.1, 0.15) is 67.2 Å². The average Bonchev–Trinajstić information content (AvgIpc) is 3.38. The number of methoxy groups -OCH3 is 1. The highest BCUT2D eigenvalue weighted by Crippen LogP contribution is 2.42. The van der Waals surface area contributed by atoms with E-state index in [0.29, 0.717) is 37.6 Å². The summed E-state index contributed by atoms with van der Waals surface area (Å²) in [6.07, 6.45) is 4.73. The topological polar surface area (TPSA) is 99.1 Å². The Morgan fingerprint density at radius 2 is 1.82 bits per heavy atom. The standard InChI is InChI=1S/C26H32N2O5/c1-33-24-14-17(10-11-23(24)29)16-27-25(30)19-12-13-28(26(31)32)22(15-19)21-9-5-4-8-20(21)18-6-2-3-7-18/h4-5,8-11,14,18-19,22,29H,2-3,6-7,12-13,15-16H2,1H3,(H,27,30)(H,31,32). The Morgan fingerprint density at radius 3 is 2.52 bits per heavy atom. The molecule has 1 aliphatic carbocycles. The summed E-state index contributed by atoms with van der Waals surface area (Å²) in [6.45, 7) is 0.655. The average molecular weight is 453 g/mol. The fraction of sp³-hybridized carbons (Fsp3) is 0.462. The number of benzene rings is 2. The number of carboxylic acid groups (broad SMARTS) is 1. The fourth-order valence-electron chi connectivity index (χ4n) is 5.32. The van der Waals surface area contributed by atoms with Gasteiger partial charge in [-0.1, -0.05) is 43.2 Å². The van der Waals surface area contributed by atoms with E-state index in [4.69, 9.17) is 4.74 Å². The lowest BCUT2D eigenvalue weighted by atomic mass is 9.82. The maximum Gasteiger partial charge on any atom is 0.407 e. The number of amides is 2.